The monoisotopic (exact) mass is 267 g/mol. The molecule has 1 aliphatic heterocycles. The Kier molecular flexibility index (Phi) is 4.74. The first-order valence-electron chi connectivity index (χ1n) is 6.54. The van der Waals surface area contributed by atoms with Crippen LogP contribution in [0.2, 0.25) is 0 Å². The van der Waals surface area contributed by atoms with Crippen LogP contribution in [0, 0.1) is 0 Å². The highest BCUT2D eigenvalue weighted by atomic mass is 32.1. The van der Waals surface area contributed by atoms with Crippen molar-refractivity contribution in [3.05, 3.63) is 21.9 Å². The van der Waals surface area contributed by atoms with Crippen LogP contribution in [-0.4, -0.2) is 23.4 Å². The van der Waals surface area contributed by atoms with E-state index in [0.29, 0.717) is 10.9 Å². The first-order valence-corrected chi connectivity index (χ1v) is 7.36. The Balaban J connectivity index is 1.99. The molecule has 1 atom stereocenters. The Bertz CT molecular complexity index is 405. The lowest BCUT2D eigenvalue weighted by molar-refractivity contribution is 0.0957. The Morgan fingerprint density at radius 2 is 2.33 bits per heavy atom. The number of hydrogen-bond donors (Lipinski definition) is 2. The number of nitrogens with two attached hydrogens (primary N) is 1. The fourth-order valence-electron chi connectivity index (χ4n) is 2.43. The van der Waals surface area contributed by atoms with Gasteiger partial charge in [-0.15, -0.1) is 11.3 Å². The quantitative estimate of drug-likeness (QED) is 0.501. The van der Waals surface area contributed by atoms with Crippen molar-refractivity contribution in [1.29, 1.82) is 0 Å². The predicted molar refractivity (Wildman–Crippen MR) is 74.3 cm³/mol. The number of hydrogen-bond acceptors (Lipinski definition) is 4. The molecule has 1 aromatic rings. The maximum absolute atomic E-state index is 11.4. The van der Waals surface area contributed by atoms with Gasteiger partial charge in [0.25, 0.3) is 5.91 Å². The minimum atomic E-state index is -0.199. The summed E-state index contributed by atoms with van der Waals surface area (Å²) in [6.45, 7) is 4.41. The van der Waals surface area contributed by atoms with Gasteiger partial charge in [0.1, 0.15) is 0 Å². The van der Waals surface area contributed by atoms with Gasteiger partial charge in [-0.3, -0.25) is 15.1 Å². The van der Waals surface area contributed by atoms with Gasteiger partial charge in [-0.2, -0.15) is 0 Å². The zero-order valence-corrected chi connectivity index (χ0v) is 11.6. The Morgan fingerprint density at radius 3 is 3.11 bits per heavy atom. The van der Waals surface area contributed by atoms with Gasteiger partial charge in [0.05, 0.1) is 4.88 Å². The molecule has 1 fully saturated rings. The summed E-state index contributed by atoms with van der Waals surface area (Å²) in [5.74, 6) is 4.94. The van der Waals surface area contributed by atoms with E-state index in [9.17, 15) is 4.79 Å². The van der Waals surface area contributed by atoms with E-state index in [-0.39, 0.29) is 5.91 Å². The van der Waals surface area contributed by atoms with Crippen LogP contribution < -0.4 is 11.3 Å². The molecule has 5 heteroatoms. The van der Waals surface area contributed by atoms with Crippen molar-refractivity contribution in [1.82, 2.24) is 10.3 Å². The van der Waals surface area contributed by atoms with Crippen LogP contribution in [0.5, 0.6) is 0 Å². The molecule has 1 unspecified atom stereocenters. The molecule has 2 heterocycles. The summed E-state index contributed by atoms with van der Waals surface area (Å²) in [4.78, 5) is 15.8. The fraction of sp³-hybridized carbons (Fsp3) is 0.615. The van der Waals surface area contributed by atoms with E-state index in [0.717, 1.165) is 13.1 Å². The number of nitrogens with zero attached hydrogens (tertiary/aromatic N) is 1. The molecule has 0 aliphatic carbocycles. The number of thiophene rings is 1. The molecule has 1 saturated heterocycles. The van der Waals surface area contributed by atoms with E-state index >= 15 is 0 Å². The van der Waals surface area contributed by atoms with Gasteiger partial charge in [0.15, 0.2) is 0 Å². The summed E-state index contributed by atoms with van der Waals surface area (Å²) in [5, 5.41) is 0. The highest BCUT2D eigenvalue weighted by Crippen LogP contribution is 2.23. The third-order valence-electron chi connectivity index (χ3n) is 3.57. The second-order valence-electron chi connectivity index (χ2n) is 4.91. The lowest BCUT2D eigenvalue weighted by Gasteiger charge is -2.26. The van der Waals surface area contributed by atoms with E-state index in [2.05, 4.69) is 17.2 Å². The van der Waals surface area contributed by atoms with Crippen molar-refractivity contribution in [3.8, 4) is 0 Å². The molecule has 1 amide bonds. The number of carbonyl (C=O) groups excluding carboxylic acids is 1. The third-order valence-corrected chi connectivity index (χ3v) is 4.63. The van der Waals surface area contributed by atoms with Crippen LogP contribution in [0.15, 0.2) is 12.1 Å². The molecule has 0 saturated carbocycles. The second kappa shape index (κ2) is 6.31. The van der Waals surface area contributed by atoms with Gasteiger partial charge < -0.3 is 0 Å². The normalized spacial score (nSPS) is 21.6. The summed E-state index contributed by atoms with van der Waals surface area (Å²) in [7, 11) is 0. The molecular weight excluding hydrogens is 246 g/mol. The molecule has 0 aromatic carbocycles. The second-order valence-corrected chi connectivity index (χ2v) is 6.08. The lowest BCUT2D eigenvalue weighted by atomic mass is 10.1. The van der Waals surface area contributed by atoms with Crippen molar-refractivity contribution >= 4 is 17.2 Å². The van der Waals surface area contributed by atoms with Gasteiger partial charge in [-0.1, -0.05) is 12.8 Å². The number of rotatable bonds is 3. The van der Waals surface area contributed by atoms with E-state index in [4.69, 9.17) is 5.84 Å². The first kappa shape index (κ1) is 13.5. The largest absolute Gasteiger partial charge is 0.296 e. The van der Waals surface area contributed by atoms with E-state index in [1.165, 1.54) is 41.9 Å². The summed E-state index contributed by atoms with van der Waals surface area (Å²) in [5.41, 5.74) is 2.17. The molecule has 18 heavy (non-hydrogen) atoms. The topological polar surface area (TPSA) is 58.4 Å². The van der Waals surface area contributed by atoms with Crippen LogP contribution in [0.3, 0.4) is 0 Å². The Labute approximate surface area is 112 Å². The minimum absolute atomic E-state index is 0.199. The number of nitrogen functional groups attached to an aromatic ring is 1. The predicted octanol–water partition coefficient (Wildman–Crippen LogP) is 2.12. The molecule has 1 aliphatic rings. The Morgan fingerprint density at radius 1 is 1.50 bits per heavy atom. The number of hydrazine groups is 1. The molecular formula is C13H21N3OS. The van der Waals surface area contributed by atoms with E-state index < -0.39 is 0 Å². The molecule has 0 radical (unpaired) electrons. The average molecular weight is 267 g/mol. The third kappa shape index (κ3) is 3.31. The average Bonchev–Trinajstić information content (AvgIpc) is 2.75. The van der Waals surface area contributed by atoms with Crippen LogP contribution in [0.1, 0.15) is 47.2 Å². The first-order chi connectivity index (χ1) is 8.70. The van der Waals surface area contributed by atoms with Gasteiger partial charge in [-0.05, 0) is 38.4 Å². The van der Waals surface area contributed by atoms with Crippen molar-refractivity contribution in [2.45, 2.75) is 45.2 Å². The lowest BCUT2D eigenvalue weighted by Crippen LogP contribution is -2.31. The van der Waals surface area contributed by atoms with Gasteiger partial charge in [0.2, 0.25) is 0 Å². The smallest absolute Gasteiger partial charge is 0.275 e. The molecule has 0 bridgehead atoms. The summed E-state index contributed by atoms with van der Waals surface area (Å²) in [6.07, 6.45) is 5.24. The van der Waals surface area contributed by atoms with Crippen LogP contribution in [0.25, 0.3) is 0 Å². The maximum Gasteiger partial charge on any atom is 0.275 e. The highest BCUT2D eigenvalue weighted by Gasteiger charge is 2.18. The van der Waals surface area contributed by atoms with Gasteiger partial charge in [-0.25, -0.2) is 5.84 Å². The van der Waals surface area contributed by atoms with E-state index in [1.54, 1.807) is 0 Å². The van der Waals surface area contributed by atoms with Crippen molar-refractivity contribution in [2.75, 3.05) is 6.54 Å². The number of nitrogens with one attached hydrogen (secondary N) is 1. The standard InChI is InChI=1S/C13H21N3OS/c1-10-5-3-2-4-8-16(10)9-11-6-7-12(18-11)13(17)15-14/h6-7,10H,2-5,8-9,14H2,1H3,(H,15,17). The van der Waals surface area contributed by atoms with Gasteiger partial charge in [0, 0.05) is 17.5 Å². The Hall–Kier alpha value is -0.910. The van der Waals surface area contributed by atoms with Crippen molar-refractivity contribution in [3.63, 3.8) is 0 Å². The zero-order valence-electron chi connectivity index (χ0n) is 10.8. The van der Waals surface area contributed by atoms with E-state index in [1.807, 2.05) is 12.1 Å². The number of amides is 1. The molecule has 2 rings (SSSR count). The molecule has 0 spiro atoms. The fourth-order valence-corrected chi connectivity index (χ4v) is 3.36. The molecule has 1 aromatic heterocycles. The SMILES string of the molecule is CC1CCCCCN1Cc1ccc(C(=O)NN)s1. The number of carbonyl (C=O) groups is 1. The van der Waals surface area contributed by atoms with Crippen molar-refractivity contribution < 1.29 is 4.79 Å². The van der Waals surface area contributed by atoms with Crippen molar-refractivity contribution in [2.24, 2.45) is 5.84 Å². The minimum Gasteiger partial charge on any atom is -0.296 e. The van der Waals surface area contributed by atoms with Crippen LogP contribution in [-0.2, 0) is 6.54 Å². The summed E-state index contributed by atoms with van der Waals surface area (Å²) >= 11 is 1.53. The zero-order chi connectivity index (χ0) is 13.0. The number of likely N-dealkylation sites (tertiary alicyclic amines) is 1. The molecule has 100 valence electrons. The van der Waals surface area contributed by atoms with Crippen LogP contribution >= 0.6 is 11.3 Å². The summed E-state index contributed by atoms with van der Waals surface area (Å²) in [6, 6.07) is 4.53. The molecule has 4 nitrogen and oxygen atoms in total. The molecule has 3 N–H and O–H groups in total. The van der Waals surface area contributed by atoms with Crippen LogP contribution in [0.4, 0.5) is 0 Å². The summed E-state index contributed by atoms with van der Waals surface area (Å²) < 4.78 is 0. The highest BCUT2D eigenvalue weighted by molar-refractivity contribution is 7.14. The van der Waals surface area contributed by atoms with Gasteiger partial charge >= 0.3 is 0 Å². The maximum atomic E-state index is 11.4.